The molecule has 0 unspecified atom stereocenters. The Balaban J connectivity index is 2.05. The molecule has 6 heteroatoms. The minimum Gasteiger partial charge on any atom is -0.480 e. The number of benzene rings is 1. The van der Waals surface area contributed by atoms with E-state index in [9.17, 15) is 9.59 Å². The molecule has 132 valence electrons. The standard InChI is InChI=1S/C18H27N3O3/c1-3-7-21(14-17(22)23)18(24)16-6-4-5-15(12-16)13-20-10-8-19(2)9-11-20/h4-6,12H,3,7-11,13-14H2,1-2H3,(H,22,23). The minimum absolute atomic E-state index is 0.209. The summed E-state index contributed by atoms with van der Waals surface area (Å²) in [5.74, 6) is -1.19. The Kier molecular flexibility index (Phi) is 6.75. The Labute approximate surface area is 143 Å². The highest BCUT2D eigenvalue weighted by Crippen LogP contribution is 2.12. The summed E-state index contributed by atoms with van der Waals surface area (Å²) in [6.07, 6.45) is 0.736. The van der Waals surface area contributed by atoms with Crippen molar-refractivity contribution >= 4 is 11.9 Å². The number of piperazine rings is 1. The van der Waals surface area contributed by atoms with Crippen LogP contribution in [0.4, 0.5) is 0 Å². The third kappa shape index (κ3) is 5.32. The van der Waals surface area contributed by atoms with Gasteiger partial charge in [0.1, 0.15) is 6.54 Å². The lowest BCUT2D eigenvalue weighted by Crippen LogP contribution is -2.43. The van der Waals surface area contributed by atoms with Crippen molar-refractivity contribution < 1.29 is 14.7 Å². The van der Waals surface area contributed by atoms with E-state index in [2.05, 4.69) is 16.8 Å². The van der Waals surface area contributed by atoms with Gasteiger partial charge in [-0.2, -0.15) is 0 Å². The number of carboxylic acids is 1. The summed E-state index contributed by atoms with van der Waals surface area (Å²) >= 11 is 0. The molecule has 1 aromatic carbocycles. The second-order valence-electron chi connectivity index (χ2n) is 6.40. The van der Waals surface area contributed by atoms with Crippen molar-refractivity contribution in [1.82, 2.24) is 14.7 Å². The molecule has 0 spiro atoms. The van der Waals surface area contributed by atoms with Gasteiger partial charge >= 0.3 is 5.97 Å². The largest absolute Gasteiger partial charge is 0.480 e. The van der Waals surface area contributed by atoms with Crippen LogP contribution in [0.1, 0.15) is 29.3 Å². The van der Waals surface area contributed by atoms with Crippen LogP contribution < -0.4 is 0 Å². The smallest absolute Gasteiger partial charge is 0.323 e. The van der Waals surface area contributed by atoms with Crippen molar-refractivity contribution in [1.29, 1.82) is 0 Å². The molecule has 0 saturated carbocycles. The first-order valence-electron chi connectivity index (χ1n) is 8.50. The van der Waals surface area contributed by atoms with E-state index >= 15 is 0 Å². The average molecular weight is 333 g/mol. The Morgan fingerprint density at radius 3 is 2.54 bits per heavy atom. The van der Waals surface area contributed by atoms with E-state index < -0.39 is 5.97 Å². The molecular formula is C18H27N3O3. The predicted molar refractivity (Wildman–Crippen MR) is 93.0 cm³/mol. The van der Waals surface area contributed by atoms with E-state index in [1.165, 1.54) is 4.90 Å². The number of carbonyl (C=O) groups excluding carboxylic acids is 1. The van der Waals surface area contributed by atoms with Gasteiger partial charge in [0.15, 0.2) is 0 Å². The van der Waals surface area contributed by atoms with Crippen LogP contribution in [-0.2, 0) is 11.3 Å². The number of amides is 1. The topological polar surface area (TPSA) is 64.1 Å². The van der Waals surface area contributed by atoms with Crippen LogP contribution in [0.2, 0.25) is 0 Å². The van der Waals surface area contributed by atoms with E-state index in [4.69, 9.17) is 5.11 Å². The minimum atomic E-state index is -0.981. The van der Waals surface area contributed by atoms with Gasteiger partial charge in [-0.15, -0.1) is 0 Å². The van der Waals surface area contributed by atoms with Crippen LogP contribution in [0.3, 0.4) is 0 Å². The third-order valence-corrected chi connectivity index (χ3v) is 4.28. The highest BCUT2D eigenvalue weighted by molar-refractivity contribution is 5.96. The normalized spacial score (nSPS) is 16.1. The van der Waals surface area contributed by atoms with Crippen molar-refractivity contribution in [2.75, 3.05) is 46.3 Å². The van der Waals surface area contributed by atoms with Gasteiger partial charge in [0.25, 0.3) is 5.91 Å². The molecular weight excluding hydrogens is 306 g/mol. The van der Waals surface area contributed by atoms with Gasteiger partial charge in [-0.1, -0.05) is 19.1 Å². The molecule has 0 bridgehead atoms. The van der Waals surface area contributed by atoms with Crippen molar-refractivity contribution in [2.45, 2.75) is 19.9 Å². The molecule has 1 amide bonds. The number of hydrogen-bond donors (Lipinski definition) is 1. The summed E-state index contributed by atoms with van der Waals surface area (Å²) in [7, 11) is 2.13. The fourth-order valence-corrected chi connectivity index (χ4v) is 2.94. The molecule has 6 nitrogen and oxygen atoms in total. The van der Waals surface area contributed by atoms with Crippen molar-refractivity contribution in [3.05, 3.63) is 35.4 Å². The number of hydrogen-bond acceptors (Lipinski definition) is 4. The summed E-state index contributed by atoms with van der Waals surface area (Å²) in [6, 6.07) is 7.56. The summed E-state index contributed by atoms with van der Waals surface area (Å²) in [5.41, 5.74) is 1.66. The zero-order chi connectivity index (χ0) is 17.5. The molecule has 24 heavy (non-hydrogen) atoms. The van der Waals surface area contributed by atoms with E-state index in [0.29, 0.717) is 12.1 Å². The Hall–Kier alpha value is -1.92. The maximum Gasteiger partial charge on any atom is 0.323 e. The first-order chi connectivity index (χ1) is 11.5. The third-order valence-electron chi connectivity index (χ3n) is 4.28. The molecule has 1 saturated heterocycles. The summed E-state index contributed by atoms with van der Waals surface area (Å²) < 4.78 is 0. The lowest BCUT2D eigenvalue weighted by atomic mass is 10.1. The lowest BCUT2D eigenvalue weighted by Gasteiger charge is -2.32. The number of carbonyl (C=O) groups is 2. The average Bonchev–Trinajstić information content (AvgIpc) is 2.56. The molecule has 1 fully saturated rings. The molecule has 0 aliphatic carbocycles. The van der Waals surface area contributed by atoms with E-state index in [1.807, 2.05) is 25.1 Å². The van der Waals surface area contributed by atoms with Crippen LogP contribution >= 0.6 is 0 Å². The zero-order valence-corrected chi connectivity index (χ0v) is 14.6. The van der Waals surface area contributed by atoms with Gasteiger partial charge < -0.3 is 14.9 Å². The maximum absolute atomic E-state index is 12.6. The molecule has 1 heterocycles. The predicted octanol–water partition coefficient (Wildman–Crippen LogP) is 1.37. The van der Waals surface area contributed by atoms with Crippen LogP contribution in [0.15, 0.2) is 24.3 Å². The van der Waals surface area contributed by atoms with E-state index in [0.717, 1.165) is 44.7 Å². The molecule has 1 aliphatic heterocycles. The van der Waals surface area contributed by atoms with Crippen LogP contribution in [0.5, 0.6) is 0 Å². The summed E-state index contributed by atoms with van der Waals surface area (Å²) in [5, 5.41) is 8.99. The van der Waals surface area contributed by atoms with Gasteiger partial charge in [0.05, 0.1) is 0 Å². The van der Waals surface area contributed by atoms with Crippen LogP contribution in [0.25, 0.3) is 0 Å². The number of rotatable bonds is 7. The van der Waals surface area contributed by atoms with Crippen molar-refractivity contribution in [3.63, 3.8) is 0 Å². The van der Waals surface area contributed by atoms with Gasteiger partial charge in [-0.05, 0) is 31.2 Å². The number of carboxylic acid groups (broad SMARTS) is 1. The molecule has 0 atom stereocenters. The SMILES string of the molecule is CCCN(CC(=O)O)C(=O)c1cccc(CN2CCN(C)CC2)c1. The van der Waals surface area contributed by atoms with Crippen LogP contribution in [-0.4, -0.2) is 78.0 Å². The zero-order valence-electron chi connectivity index (χ0n) is 14.6. The Bertz CT molecular complexity index is 568. The fourth-order valence-electron chi connectivity index (χ4n) is 2.94. The van der Waals surface area contributed by atoms with Gasteiger partial charge in [-0.3, -0.25) is 14.5 Å². The molecule has 0 radical (unpaired) electrons. The molecule has 1 aromatic rings. The van der Waals surface area contributed by atoms with Gasteiger partial charge in [0.2, 0.25) is 0 Å². The number of aliphatic carboxylic acids is 1. The maximum atomic E-state index is 12.6. The molecule has 1 aliphatic rings. The highest BCUT2D eigenvalue weighted by Gasteiger charge is 2.19. The second kappa shape index (κ2) is 8.80. The Morgan fingerprint density at radius 2 is 1.92 bits per heavy atom. The fraction of sp³-hybridized carbons (Fsp3) is 0.556. The first-order valence-corrected chi connectivity index (χ1v) is 8.50. The second-order valence-corrected chi connectivity index (χ2v) is 6.40. The molecule has 0 aromatic heterocycles. The Morgan fingerprint density at radius 1 is 1.21 bits per heavy atom. The van der Waals surface area contributed by atoms with E-state index in [-0.39, 0.29) is 12.5 Å². The quantitative estimate of drug-likeness (QED) is 0.816. The lowest BCUT2D eigenvalue weighted by molar-refractivity contribution is -0.137. The van der Waals surface area contributed by atoms with Gasteiger partial charge in [0, 0.05) is 44.8 Å². The summed E-state index contributed by atoms with van der Waals surface area (Å²) in [6.45, 7) is 7.12. The number of nitrogens with zero attached hydrogens (tertiary/aromatic N) is 3. The summed E-state index contributed by atoms with van der Waals surface area (Å²) in [4.78, 5) is 29.7. The molecule has 2 rings (SSSR count). The highest BCUT2D eigenvalue weighted by atomic mass is 16.4. The van der Waals surface area contributed by atoms with Gasteiger partial charge in [-0.25, -0.2) is 0 Å². The van der Waals surface area contributed by atoms with Crippen LogP contribution in [0, 0.1) is 0 Å². The number of likely N-dealkylation sites (N-methyl/N-ethyl adjacent to an activating group) is 1. The monoisotopic (exact) mass is 333 g/mol. The van der Waals surface area contributed by atoms with Crippen molar-refractivity contribution in [3.8, 4) is 0 Å². The molecule has 1 N–H and O–H groups in total. The first kappa shape index (κ1) is 18.4. The van der Waals surface area contributed by atoms with Crippen molar-refractivity contribution in [2.24, 2.45) is 0 Å². The van der Waals surface area contributed by atoms with E-state index in [1.54, 1.807) is 6.07 Å².